The number of aromatic nitrogens is 2. The minimum absolute atomic E-state index is 0.285. The Morgan fingerprint density at radius 1 is 1.39 bits per heavy atom. The van der Waals surface area contributed by atoms with Gasteiger partial charge in [0.05, 0.1) is 16.6 Å². The van der Waals surface area contributed by atoms with Gasteiger partial charge in [0.25, 0.3) is 11.5 Å². The first kappa shape index (κ1) is 12.2. The summed E-state index contributed by atoms with van der Waals surface area (Å²) in [5, 5.41) is 0.399. The van der Waals surface area contributed by atoms with Crippen LogP contribution in [0.2, 0.25) is 0 Å². The molecular weight excluding hydrogens is 256 g/mol. The van der Waals surface area contributed by atoms with E-state index in [0.717, 1.165) is 11.3 Å². The van der Waals surface area contributed by atoms with E-state index in [1.165, 1.54) is 13.3 Å². The molecule has 2 rings (SSSR count). The Morgan fingerprint density at radius 2 is 2.11 bits per heavy atom. The normalized spacial score (nSPS) is 10.3. The van der Waals surface area contributed by atoms with Gasteiger partial charge in [-0.2, -0.15) is 0 Å². The Hall–Kier alpha value is -2.22. The quantitative estimate of drug-likeness (QED) is 0.635. The van der Waals surface area contributed by atoms with E-state index in [2.05, 4.69) is 20.8 Å². The van der Waals surface area contributed by atoms with Crippen LogP contribution >= 0.6 is 11.3 Å². The van der Waals surface area contributed by atoms with Gasteiger partial charge in [0.1, 0.15) is 4.83 Å². The molecule has 0 saturated carbocycles. The van der Waals surface area contributed by atoms with E-state index in [9.17, 15) is 14.4 Å². The first-order valence-electron chi connectivity index (χ1n) is 5.04. The molecule has 0 atom stereocenters. The summed E-state index contributed by atoms with van der Waals surface area (Å²) in [7, 11) is 0. The van der Waals surface area contributed by atoms with Crippen LogP contribution in [-0.2, 0) is 4.79 Å². The van der Waals surface area contributed by atoms with Crippen molar-refractivity contribution in [1.29, 1.82) is 0 Å². The second-order valence-electron chi connectivity index (χ2n) is 3.60. The lowest BCUT2D eigenvalue weighted by molar-refractivity contribution is -0.119. The summed E-state index contributed by atoms with van der Waals surface area (Å²) >= 11 is 1.10. The maximum atomic E-state index is 11.8. The van der Waals surface area contributed by atoms with Gasteiger partial charge in [0.15, 0.2) is 0 Å². The van der Waals surface area contributed by atoms with Gasteiger partial charge in [-0.25, -0.2) is 4.98 Å². The van der Waals surface area contributed by atoms with Gasteiger partial charge in [-0.1, -0.05) is 0 Å². The molecule has 0 bridgehead atoms. The van der Waals surface area contributed by atoms with E-state index < -0.39 is 5.91 Å². The lowest BCUT2D eigenvalue weighted by Crippen LogP contribution is -2.40. The van der Waals surface area contributed by atoms with Crippen molar-refractivity contribution in [3.63, 3.8) is 0 Å². The standard InChI is InChI=1S/C10H10N4O3S/c1-4-6-8(16)11-3-12-10(6)18-7(4)9(17)14-13-5(2)15/h3H,1-2H3,(H,13,15)(H,14,17)(H,11,12,16). The number of carbonyl (C=O) groups is 2. The number of aryl methyl sites for hydroxylation is 1. The third kappa shape index (κ3) is 2.09. The number of nitrogens with zero attached hydrogens (tertiary/aromatic N) is 1. The van der Waals surface area contributed by atoms with Gasteiger partial charge in [-0.3, -0.25) is 25.2 Å². The van der Waals surface area contributed by atoms with Gasteiger partial charge in [0, 0.05) is 6.92 Å². The van der Waals surface area contributed by atoms with Crippen molar-refractivity contribution < 1.29 is 9.59 Å². The number of carbonyl (C=O) groups excluding carboxylic acids is 2. The van der Waals surface area contributed by atoms with Crippen LogP contribution in [0.1, 0.15) is 22.2 Å². The maximum Gasteiger partial charge on any atom is 0.280 e. The molecule has 0 unspecified atom stereocenters. The molecule has 7 nitrogen and oxygen atoms in total. The first-order chi connectivity index (χ1) is 8.50. The molecule has 0 aliphatic heterocycles. The molecule has 2 aromatic rings. The number of H-pyrrole nitrogens is 1. The molecule has 2 amide bonds. The highest BCUT2D eigenvalue weighted by atomic mass is 32.1. The molecule has 2 heterocycles. The zero-order valence-electron chi connectivity index (χ0n) is 9.66. The predicted molar refractivity (Wildman–Crippen MR) is 66.3 cm³/mol. The van der Waals surface area contributed by atoms with Gasteiger partial charge in [-0.05, 0) is 12.5 Å². The van der Waals surface area contributed by atoms with Crippen LogP contribution in [0.25, 0.3) is 10.2 Å². The van der Waals surface area contributed by atoms with Crippen LogP contribution in [0.4, 0.5) is 0 Å². The summed E-state index contributed by atoms with van der Waals surface area (Å²) in [5.74, 6) is -0.844. The third-order valence-corrected chi connectivity index (χ3v) is 3.49. The number of thiophene rings is 1. The van der Waals surface area contributed by atoms with Crippen LogP contribution in [-0.4, -0.2) is 21.8 Å². The molecule has 0 aliphatic rings. The second-order valence-corrected chi connectivity index (χ2v) is 4.60. The van der Waals surface area contributed by atoms with Crippen LogP contribution < -0.4 is 16.4 Å². The third-order valence-electron chi connectivity index (χ3n) is 2.29. The van der Waals surface area contributed by atoms with Gasteiger partial charge >= 0.3 is 0 Å². The summed E-state index contributed by atoms with van der Waals surface area (Å²) in [6, 6.07) is 0. The van der Waals surface area contributed by atoms with E-state index >= 15 is 0 Å². The van der Waals surface area contributed by atoms with Crippen molar-refractivity contribution >= 4 is 33.4 Å². The molecule has 0 radical (unpaired) electrons. The average Bonchev–Trinajstić information content (AvgIpc) is 2.65. The zero-order chi connectivity index (χ0) is 13.3. The lowest BCUT2D eigenvalue weighted by atomic mass is 10.2. The lowest BCUT2D eigenvalue weighted by Gasteiger charge is -2.03. The summed E-state index contributed by atoms with van der Waals surface area (Å²) in [4.78, 5) is 41.4. The van der Waals surface area contributed by atoms with Crippen molar-refractivity contribution in [3.05, 3.63) is 27.1 Å². The summed E-state index contributed by atoms with van der Waals surface area (Å²) < 4.78 is 0. The zero-order valence-corrected chi connectivity index (χ0v) is 10.5. The monoisotopic (exact) mass is 266 g/mol. The number of amides is 2. The van der Waals surface area contributed by atoms with E-state index in [0.29, 0.717) is 20.7 Å². The Labute approximate surface area is 105 Å². The second kappa shape index (κ2) is 4.57. The number of hydrazine groups is 1. The average molecular weight is 266 g/mol. The van der Waals surface area contributed by atoms with E-state index in [-0.39, 0.29) is 11.5 Å². The van der Waals surface area contributed by atoms with Crippen molar-refractivity contribution in [3.8, 4) is 0 Å². The minimum atomic E-state index is -0.468. The highest BCUT2D eigenvalue weighted by molar-refractivity contribution is 7.20. The fourth-order valence-electron chi connectivity index (χ4n) is 1.50. The van der Waals surface area contributed by atoms with Crippen LogP contribution in [0.5, 0.6) is 0 Å². The van der Waals surface area contributed by atoms with E-state index in [1.54, 1.807) is 6.92 Å². The topological polar surface area (TPSA) is 104 Å². The highest BCUT2D eigenvalue weighted by Gasteiger charge is 2.18. The van der Waals surface area contributed by atoms with Crippen molar-refractivity contribution in [2.24, 2.45) is 0 Å². The van der Waals surface area contributed by atoms with Crippen molar-refractivity contribution in [2.45, 2.75) is 13.8 Å². The number of hydrogen-bond acceptors (Lipinski definition) is 5. The van der Waals surface area contributed by atoms with Crippen molar-refractivity contribution in [2.75, 3.05) is 0 Å². The largest absolute Gasteiger partial charge is 0.313 e. The molecule has 2 aromatic heterocycles. The number of hydrogen-bond donors (Lipinski definition) is 3. The summed E-state index contributed by atoms with van der Waals surface area (Å²) in [5.41, 5.74) is 4.71. The smallest absolute Gasteiger partial charge is 0.280 e. The molecule has 3 N–H and O–H groups in total. The number of fused-ring (bicyclic) bond motifs is 1. The molecule has 0 saturated heterocycles. The Morgan fingerprint density at radius 3 is 2.72 bits per heavy atom. The molecule has 0 spiro atoms. The van der Waals surface area contributed by atoms with Crippen LogP contribution in [0.3, 0.4) is 0 Å². The van der Waals surface area contributed by atoms with Crippen molar-refractivity contribution in [1.82, 2.24) is 20.8 Å². The van der Waals surface area contributed by atoms with E-state index in [4.69, 9.17) is 0 Å². The summed E-state index contributed by atoms with van der Waals surface area (Å²) in [6.45, 7) is 2.95. The highest BCUT2D eigenvalue weighted by Crippen LogP contribution is 2.25. The van der Waals surface area contributed by atoms with Gasteiger partial charge in [-0.15, -0.1) is 11.3 Å². The predicted octanol–water partition coefficient (Wildman–Crippen LogP) is 0.0739. The molecule has 18 heavy (non-hydrogen) atoms. The number of nitrogens with one attached hydrogen (secondary N) is 3. The summed E-state index contributed by atoms with van der Waals surface area (Å²) in [6.07, 6.45) is 1.29. The van der Waals surface area contributed by atoms with Crippen LogP contribution in [0.15, 0.2) is 11.1 Å². The molecule has 0 fully saturated rings. The Balaban J connectivity index is 2.43. The molecular formula is C10H10N4O3S. The minimum Gasteiger partial charge on any atom is -0.313 e. The number of aromatic amines is 1. The molecule has 8 heteroatoms. The van der Waals surface area contributed by atoms with Gasteiger partial charge < -0.3 is 4.98 Å². The fraction of sp³-hybridized carbons (Fsp3) is 0.200. The fourth-order valence-corrected chi connectivity index (χ4v) is 2.54. The first-order valence-corrected chi connectivity index (χ1v) is 5.86. The maximum absolute atomic E-state index is 11.8. The Kier molecular flexibility index (Phi) is 3.11. The SMILES string of the molecule is CC(=O)NNC(=O)c1sc2nc[nH]c(=O)c2c1C. The molecule has 0 aromatic carbocycles. The van der Waals surface area contributed by atoms with Crippen LogP contribution in [0, 0.1) is 6.92 Å². The Bertz CT molecular complexity index is 688. The van der Waals surface area contributed by atoms with E-state index in [1.807, 2.05) is 0 Å². The molecule has 94 valence electrons. The number of rotatable bonds is 1. The van der Waals surface area contributed by atoms with Gasteiger partial charge in [0.2, 0.25) is 5.91 Å². The molecule has 0 aliphatic carbocycles.